The Morgan fingerprint density at radius 1 is 1.32 bits per heavy atom. The van der Waals surface area contributed by atoms with Crippen molar-refractivity contribution in [2.45, 2.75) is 0 Å². The van der Waals surface area contributed by atoms with Crippen molar-refractivity contribution in [2.75, 3.05) is 12.4 Å². The second-order valence-corrected chi connectivity index (χ2v) is 4.96. The lowest BCUT2D eigenvalue weighted by Crippen LogP contribution is -2.07. The van der Waals surface area contributed by atoms with E-state index in [9.17, 15) is 9.18 Å². The van der Waals surface area contributed by atoms with Crippen molar-refractivity contribution in [3.63, 3.8) is 0 Å². The highest BCUT2D eigenvalue weighted by Crippen LogP contribution is 2.31. The summed E-state index contributed by atoms with van der Waals surface area (Å²) in [5, 5.41) is 3.47. The van der Waals surface area contributed by atoms with Gasteiger partial charge in [0.25, 0.3) is 5.56 Å². The van der Waals surface area contributed by atoms with Gasteiger partial charge in [0, 0.05) is 11.8 Å². The Bertz CT molecular complexity index is 911. The molecular weight excluding hydrogens is 309 g/mol. The summed E-state index contributed by atoms with van der Waals surface area (Å²) in [6, 6.07) is 7.52. The number of hydrogen-bond donors (Lipinski definition) is 2. The highest BCUT2D eigenvalue weighted by atomic mass is 35.5. The van der Waals surface area contributed by atoms with Crippen LogP contribution in [-0.4, -0.2) is 17.1 Å². The quantitative estimate of drug-likeness (QED) is 0.775. The number of benzene rings is 2. The van der Waals surface area contributed by atoms with E-state index >= 15 is 0 Å². The SMILES string of the molecule is COc1cc2nc[nH]c(=O)c2cc1Nc1ccc(F)c(Cl)c1. The molecule has 1 aromatic heterocycles. The molecular formula is C15H11ClFN3O2. The lowest BCUT2D eigenvalue weighted by Gasteiger charge is -2.12. The summed E-state index contributed by atoms with van der Waals surface area (Å²) in [7, 11) is 1.51. The Balaban J connectivity index is 2.10. The Labute approximate surface area is 129 Å². The molecule has 7 heteroatoms. The minimum absolute atomic E-state index is 0.00395. The molecule has 0 aliphatic carbocycles. The molecule has 22 heavy (non-hydrogen) atoms. The lowest BCUT2D eigenvalue weighted by molar-refractivity contribution is 0.417. The maximum atomic E-state index is 13.2. The van der Waals surface area contributed by atoms with Crippen molar-refractivity contribution in [3.8, 4) is 5.75 Å². The van der Waals surface area contributed by atoms with Crippen LogP contribution in [-0.2, 0) is 0 Å². The van der Waals surface area contributed by atoms with Crippen molar-refractivity contribution in [3.05, 3.63) is 57.9 Å². The molecule has 0 fully saturated rings. The second-order valence-electron chi connectivity index (χ2n) is 4.56. The molecule has 0 saturated heterocycles. The summed E-state index contributed by atoms with van der Waals surface area (Å²) in [6.45, 7) is 0. The maximum absolute atomic E-state index is 13.2. The van der Waals surface area contributed by atoms with Crippen molar-refractivity contribution < 1.29 is 9.13 Å². The number of ether oxygens (including phenoxy) is 1. The number of hydrogen-bond acceptors (Lipinski definition) is 4. The summed E-state index contributed by atoms with van der Waals surface area (Å²) < 4.78 is 18.5. The van der Waals surface area contributed by atoms with Gasteiger partial charge >= 0.3 is 0 Å². The van der Waals surface area contributed by atoms with E-state index in [1.165, 1.54) is 25.6 Å². The number of rotatable bonds is 3. The van der Waals surface area contributed by atoms with Crippen molar-refractivity contribution >= 4 is 33.9 Å². The van der Waals surface area contributed by atoms with Gasteiger partial charge in [0.05, 0.1) is 35.1 Å². The number of methoxy groups -OCH3 is 1. The van der Waals surface area contributed by atoms with Crippen LogP contribution in [0.15, 0.2) is 41.5 Å². The van der Waals surface area contributed by atoms with Gasteiger partial charge in [0.1, 0.15) is 11.6 Å². The minimum Gasteiger partial charge on any atom is -0.494 e. The van der Waals surface area contributed by atoms with Gasteiger partial charge in [-0.1, -0.05) is 11.6 Å². The summed E-state index contributed by atoms with van der Waals surface area (Å²) >= 11 is 5.76. The Morgan fingerprint density at radius 3 is 2.86 bits per heavy atom. The van der Waals surface area contributed by atoms with Gasteiger partial charge in [-0.05, 0) is 24.3 Å². The highest BCUT2D eigenvalue weighted by Gasteiger charge is 2.10. The molecule has 0 spiro atoms. The lowest BCUT2D eigenvalue weighted by atomic mass is 10.2. The molecule has 1 heterocycles. The van der Waals surface area contributed by atoms with E-state index in [1.54, 1.807) is 18.2 Å². The number of anilines is 2. The van der Waals surface area contributed by atoms with E-state index < -0.39 is 5.82 Å². The molecule has 3 aromatic rings. The molecule has 0 saturated carbocycles. The number of fused-ring (bicyclic) bond motifs is 1. The summed E-state index contributed by atoms with van der Waals surface area (Å²) in [5.74, 6) is 0.00406. The van der Waals surface area contributed by atoms with Crippen LogP contribution in [0.1, 0.15) is 0 Å². The number of aromatic amines is 1. The minimum atomic E-state index is -0.502. The third-order valence-electron chi connectivity index (χ3n) is 3.16. The fourth-order valence-corrected chi connectivity index (χ4v) is 2.27. The Kier molecular flexibility index (Phi) is 3.68. The molecule has 5 nitrogen and oxygen atoms in total. The number of nitrogens with one attached hydrogen (secondary N) is 2. The standard InChI is InChI=1S/C15H11ClFN3O2/c1-22-14-6-12-9(15(21)19-7-18-12)5-13(14)20-8-2-3-11(17)10(16)4-8/h2-7,20H,1H3,(H,18,19,21). The molecule has 0 bridgehead atoms. The van der Waals surface area contributed by atoms with E-state index in [0.717, 1.165) is 0 Å². The van der Waals surface area contributed by atoms with E-state index in [4.69, 9.17) is 16.3 Å². The van der Waals surface area contributed by atoms with E-state index in [1.807, 2.05) is 0 Å². The average molecular weight is 320 g/mol. The molecule has 0 radical (unpaired) electrons. The van der Waals surface area contributed by atoms with E-state index in [0.29, 0.717) is 28.0 Å². The number of nitrogens with zero attached hydrogens (tertiary/aromatic N) is 1. The topological polar surface area (TPSA) is 67.0 Å². The molecule has 2 N–H and O–H groups in total. The fourth-order valence-electron chi connectivity index (χ4n) is 2.09. The van der Waals surface area contributed by atoms with Gasteiger partial charge < -0.3 is 15.0 Å². The molecule has 3 rings (SSSR count). The molecule has 0 unspecified atom stereocenters. The normalized spacial score (nSPS) is 10.7. The number of halogens is 2. The van der Waals surface area contributed by atoms with Crippen LogP contribution < -0.4 is 15.6 Å². The third-order valence-corrected chi connectivity index (χ3v) is 3.45. The van der Waals surface area contributed by atoms with Gasteiger partial charge in [-0.15, -0.1) is 0 Å². The van der Waals surface area contributed by atoms with Gasteiger partial charge in [0.15, 0.2) is 0 Å². The average Bonchev–Trinajstić information content (AvgIpc) is 2.51. The highest BCUT2D eigenvalue weighted by molar-refractivity contribution is 6.31. The predicted octanol–water partition coefficient (Wildman–Crippen LogP) is 3.47. The van der Waals surface area contributed by atoms with E-state index in [-0.39, 0.29) is 10.6 Å². The zero-order valence-corrected chi connectivity index (χ0v) is 12.2. The van der Waals surface area contributed by atoms with Gasteiger partial charge in [-0.25, -0.2) is 9.37 Å². The smallest absolute Gasteiger partial charge is 0.258 e. The van der Waals surface area contributed by atoms with Crippen LogP contribution in [0.4, 0.5) is 15.8 Å². The third kappa shape index (κ3) is 2.60. The number of aromatic nitrogens is 2. The zero-order chi connectivity index (χ0) is 15.7. The van der Waals surface area contributed by atoms with Crippen LogP contribution in [0.2, 0.25) is 5.02 Å². The first kappa shape index (κ1) is 14.3. The largest absolute Gasteiger partial charge is 0.494 e. The second kappa shape index (κ2) is 5.65. The van der Waals surface area contributed by atoms with Crippen molar-refractivity contribution in [2.24, 2.45) is 0 Å². The molecule has 0 aliphatic heterocycles. The molecule has 0 atom stereocenters. The summed E-state index contributed by atoms with van der Waals surface area (Å²) in [6.07, 6.45) is 1.33. The molecule has 112 valence electrons. The van der Waals surface area contributed by atoms with Gasteiger partial charge in [-0.3, -0.25) is 4.79 Å². The monoisotopic (exact) mass is 319 g/mol. The van der Waals surface area contributed by atoms with Gasteiger partial charge in [-0.2, -0.15) is 0 Å². The van der Waals surface area contributed by atoms with Gasteiger partial charge in [0.2, 0.25) is 0 Å². The van der Waals surface area contributed by atoms with Crippen LogP contribution in [0.25, 0.3) is 10.9 Å². The fraction of sp³-hybridized carbons (Fsp3) is 0.0667. The predicted molar refractivity (Wildman–Crippen MR) is 83.6 cm³/mol. The van der Waals surface area contributed by atoms with Crippen molar-refractivity contribution in [1.82, 2.24) is 9.97 Å². The number of H-pyrrole nitrogens is 1. The Hall–Kier alpha value is -2.60. The molecule has 0 amide bonds. The summed E-state index contributed by atoms with van der Waals surface area (Å²) in [4.78, 5) is 18.5. The van der Waals surface area contributed by atoms with E-state index in [2.05, 4.69) is 15.3 Å². The molecule has 2 aromatic carbocycles. The zero-order valence-electron chi connectivity index (χ0n) is 11.5. The van der Waals surface area contributed by atoms with Crippen molar-refractivity contribution in [1.29, 1.82) is 0 Å². The van der Waals surface area contributed by atoms with Crippen LogP contribution >= 0.6 is 11.6 Å². The van der Waals surface area contributed by atoms with Crippen LogP contribution in [0.3, 0.4) is 0 Å². The summed E-state index contributed by atoms with van der Waals surface area (Å²) in [5.41, 5.74) is 1.39. The first-order valence-electron chi connectivity index (χ1n) is 6.36. The Morgan fingerprint density at radius 2 is 2.14 bits per heavy atom. The van der Waals surface area contributed by atoms with Crippen LogP contribution in [0.5, 0.6) is 5.75 Å². The first-order valence-corrected chi connectivity index (χ1v) is 6.74. The van der Waals surface area contributed by atoms with Crippen LogP contribution in [0, 0.1) is 5.82 Å². The molecule has 0 aliphatic rings. The maximum Gasteiger partial charge on any atom is 0.258 e. The first-order chi connectivity index (χ1) is 10.6.